The molecule has 3 aromatic carbocycles. The van der Waals surface area contributed by atoms with Crippen LogP contribution in [0.25, 0.3) is 21.3 Å². The SMILES string of the molecule is Cc1ncnc(N2CCOc3ccc(-c4ccc5nc(N)sc5c4)cc3C2)c1Cc1ccc(F)cc1. The van der Waals surface area contributed by atoms with E-state index >= 15 is 0 Å². The molecule has 6 rings (SSSR count). The molecule has 0 aliphatic carbocycles. The van der Waals surface area contributed by atoms with Gasteiger partial charge >= 0.3 is 0 Å². The molecule has 0 amide bonds. The first kappa shape index (κ1) is 22.4. The second-order valence-corrected chi connectivity index (χ2v) is 9.95. The number of ether oxygens (including phenoxy) is 1. The lowest BCUT2D eigenvalue weighted by Gasteiger charge is -2.24. The average Bonchev–Trinajstić information content (AvgIpc) is 3.12. The summed E-state index contributed by atoms with van der Waals surface area (Å²) in [5.41, 5.74) is 13.1. The van der Waals surface area contributed by atoms with E-state index in [2.05, 4.69) is 44.1 Å². The van der Waals surface area contributed by atoms with E-state index in [0.29, 0.717) is 31.2 Å². The zero-order valence-electron chi connectivity index (χ0n) is 19.7. The van der Waals surface area contributed by atoms with Crippen molar-refractivity contribution < 1.29 is 9.13 Å². The van der Waals surface area contributed by atoms with E-state index < -0.39 is 0 Å². The van der Waals surface area contributed by atoms with Gasteiger partial charge in [0.15, 0.2) is 5.13 Å². The minimum absolute atomic E-state index is 0.241. The van der Waals surface area contributed by atoms with Crippen LogP contribution in [0, 0.1) is 12.7 Å². The summed E-state index contributed by atoms with van der Waals surface area (Å²) in [7, 11) is 0. The standard InChI is InChI=1S/C28H24FN5OS/c1-17-23(12-18-2-6-22(29)7-3-18)27(32-16-31-17)34-10-11-35-25-9-5-19(13-21(25)15-34)20-4-8-24-26(14-20)36-28(30)33-24/h2-9,13-14,16H,10-12,15H2,1H3,(H2,30,33). The Kier molecular flexibility index (Phi) is 5.73. The summed E-state index contributed by atoms with van der Waals surface area (Å²) in [6, 6.07) is 19.1. The van der Waals surface area contributed by atoms with Crippen molar-refractivity contribution in [3.05, 3.63) is 95.2 Å². The zero-order valence-corrected chi connectivity index (χ0v) is 20.6. The fourth-order valence-electron chi connectivity index (χ4n) is 4.65. The molecule has 180 valence electrons. The molecule has 0 atom stereocenters. The summed E-state index contributed by atoms with van der Waals surface area (Å²) >= 11 is 1.49. The van der Waals surface area contributed by atoms with Crippen LogP contribution in [0.5, 0.6) is 5.75 Å². The number of thiazole rings is 1. The van der Waals surface area contributed by atoms with Gasteiger partial charge in [0.1, 0.15) is 30.3 Å². The first-order chi connectivity index (χ1) is 17.5. The molecule has 0 radical (unpaired) electrons. The van der Waals surface area contributed by atoms with Gasteiger partial charge in [0, 0.05) is 29.8 Å². The number of benzene rings is 3. The van der Waals surface area contributed by atoms with E-state index in [9.17, 15) is 4.39 Å². The van der Waals surface area contributed by atoms with Crippen molar-refractivity contribution >= 4 is 32.5 Å². The zero-order chi connectivity index (χ0) is 24.6. The van der Waals surface area contributed by atoms with Crippen LogP contribution >= 0.6 is 11.3 Å². The van der Waals surface area contributed by atoms with Gasteiger partial charge in [-0.25, -0.2) is 19.3 Å². The Labute approximate surface area is 212 Å². The second-order valence-electron chi connectivity index (χ2n) is 8.89. The van der Waals surface area contributed by atoms with Crippen LogP contribution in [0.15, 0.2) is 67.0 Å². The number of hydrogen-bond acceptors (Lipinski definition) is 7. The Morgan fingerprint density at radius 2 is 1.83 bits per heavy atom. The Hall–Kier alpha value is -4.04. The Bertz CT molecular complexity index is 1570. The van der Waals surface area contributed by atoms with Gasteiger partial charge in [-0.05, 0) is 60.0 Å². The first-order valence-corrected chi connectivity index (χ1v) is 12.6. The maximum Gasteiger partial charge on any atom is 0.181 e. The van der Waals surface area contributed by atoms with Gasteiger partial charge in [0.25, 0.3) is 0 Å². The highest BCUT2D eigenvalue weighted by molar-refractivity contribution is 7.22. The van der Waals surface area contributed by atoms with Gasteiger partial charge in [-0.1, -0.05) is 35.6 Å². The Morgan fingerprint density at radius 1 is 1.03 bits per heavy atom. The van der Waals surface area contributed by atoms with Crippen LogP contribution in [0.4, 0.5) is 15.3 Å². The third kappa shape index (κ3) is 4.35. The van der Waals surface area contributed by atoms with E-state index in [-0.39, 0.29) is 5.82 Å². The molecule has 0 saturated carbocycles. The largest absolute Gasteiger partial charge is 0.491 e. The predicted octanol–water partition coefficient (Wildman–Crippen LogP) is 5.77. The third-order valence-electron chi connectivity index (χ3n) is 6.51. The van der Waals surface area contributed by atoms with Crippen molar-refractivity contribution in [2.75, 3.05) is 23.8 Å². The summed E-state index contributed by atoms with van der Waals surface area (Å²) in [4.78, 5) is 15.7. The molecular weight excluding hydrogens is 473 g/mol. The van der Waals surface area contributed by atoms with Gasteiger partial charge in [-0.2, -0.15) is 0 Å². The summed E-state index contributed by atoms with van der Waals surface area (Å²) < 4.78 is 20.6. The molecule has 0 saturated heterocycles. The number of nitrogens with two attached hydrogens (primary N) is 1. The number of anilines is 2. The van der Waals surface area contributed by atoms with Gasteiger partial charge < -0.3 is 15.4 Å². The number of nitrogens with zero attached hydrogens (tertiary/aromatic N) is 4. The molecule has 0 bridgehead atoms. The van der Waals surface area contributed by atoms with Crippen LogP contribution < -0.4 is 15.4 Å². The maximum absolute atomic E-state index is 13.4. The quantitative estimate of drug-likeness (QED) is 0.340. The van der Waals surface area contributed by atoms with Gasteiger partial charge in [-0.3, -0.25) is 0 Å². The molecule has 2 N–H and O–H groups in total. The van der Waals surface area contributed by atoms with Gasteiger partial charge in [-0.15, -0.1) is 0 Å². The highest BCUT2D eigenvalue weighted by Gasteiger charge is 2.21. The smallest absolute Gasteiger partial charge is 0.181 e. The molecule has 3 heterocycles. The topological polar surface area (TPSA) is 77.2 Å². The number of hydrogen-bond donors (Lipinski definition) is 1. The number of fused-ring (bicyclic) bond motifs is 2. The fraction of sp³-hybridized carbons (Fsp3) is 0.179. The maximum atomic E-state index is 13.4. The molecule has 1 aliphatic heterocycles. The number of aryl methyl sites for hydroxylation is 1. The van der Waals surface area contributed by atoms with Crippen LogP contribution in [0.3, 0.4) is 0 Å². The molecule has 0 fully saturated rings. The molecule has 36 heavy (non-hydrogen) atoms. The highest BCUT2D eigenvalue weighted by Crippen LogP contribution is 2.34. The summed E-state index contributed by atoms with van der Waals surface area (Å²) in [5.74, 6) is 1.53. The minimum atomic E-state index is -0.241. The number of halogens is 1. The highest BCUT2D eigenvalue weighted by atomic mass is 32.1. The number of rotatable bonds is 4. The van der Waals surface area contributed by atoms with Crippen molar-refractivity contribution in [3.63, 3.8) is 0 Å². The van der Waals surface area contributed by atoms with Crippen LogP contribution in [0.1, 0.15) is 22.4 Å². The minimum Gasteiger partial charge on any atom is -0.491 e. The van der Waals surface area contributed by atoms with Crippen LogP contribution in [0.2, 0.25) is 0 Å². The molecule has 5 aromatic rings. The van der Waals surface area contributed by atoms with Gasteiger partial charge in [0.05, 0.1) is 16.8 Å². The first-order valence-electron chi connectivity index (χ1n) is 11.8. The van der Waals surface area contributed by atoms with E-state index in [4.69, 9.17) is 10.5 Å². The summed E-state index contributed by atoms with van der Waals surface area (Å²) in [6.07, 6.45) is 2.24. The van der Waals surface area contributed by atoms with E-state index in [1.54, 1.807) is 6.33 Å². The normalized spacial score (nSPS) is 13.3. The number of nitrogen functional groups attached to an aromatic ring is 1. The molecule has 8 heteroatoms. The predicted molar refractivity (Wildman–Crippen MR) is 142 cm³/mol. The van der Waals surface area contributed by atoms with E-state index in [1.165, 1.54) is 23.5 Å². The van der Waals surface area contributed by atoms with E-state index in [0.717, 1.165) is 55.3 Å². The van der Waals surface area contributed by atoms with Crippen molar-refractivity contribution in [3.8, 4) is 16.9 Å². The van der Waals surface area contributed by atoms with Crippen molar-refractivity contribution in [2.45, 2.75) is 19.9 Å². The Balaban J connectivity index is 1.34. The van der Waals surface area contributed by atoms with Crippen molar-refractivity contribution in [2.24, 2.45) is 0 Å². The molecule has 0 spiro atoms. The third-order valence-corrected chi connectivity index (χ3v) is 7.36. The molecule has 2 aromatic heterocycles. The Morgan fingerprint density at radius 3 is 2.69 bits per heavy atom. The van der Waals surface area contributed by atoms with Gasteiger partial charge in [0.2, 0.25) is 0 Å². The lowest BCUT2D eigenvalue weighted by Crippen LogP contribution is -2.28. The molecule has 1 aliphatic rings. The fourth-order valence-corrected chi connectivity index (χ4v) is 5.42. The molecule has 6 nitrogen and oxygen atoms in total. The van der Waals surface area contributed by atoms with E-state index in [1.807, 2.05) is 31.2 Å². The van der Waals surface area contributed by atoms with Crippen LogP contribution in [-0.2, 0) is 13.0 Å². The molecule has 0 unspecified atom stereocenters. The summed E-state index contributed by atoms with van der Waals surface area (Å²) in [5, 5.41) is 0.574. The lowest BCUT2D eigenvalue weighted by molar-refractivity contribution is 0.331. The average molecular weight is 498 g/mol. The second kappa shape index (κ2) is 9.20. The van der Waals surface area contributed by atoms with Crippen molar-refractivity contribution in [1.29, 1.82) is 0 Å². The summed E-state index contributed by atoms with van der Waals surface area (Å²) in [6.45, 7) is 3.90. The molecular formula is C28H24FN5OS. The lowest BCUT2D eigenvalue weighted by atomic mass is 10.0. The van der Waals surface area contributed by atoms with Crippen LogP contribution in [-0.4, -0.2) is 28.1 Å². The number of aromatic nitrogens is 3. The van der Waals surface area contributed by atoms with Crippen molar-refractivity contribution in [1.82, 2.24) is 15.0 Å². The monoisotopic (exact) mass is 497 g/mol.